The molecule has 11 heteroatoms. The number of nitrogens with zero attached hydrogens (tertiary/aromatic N) is 2. The van der Waals surface area contributed by atoms with Gasteiger partial charge in [0.05, 0.1) is 12.1 Å². The molecule has 0 aliphatic carbocycles. The predicted molar refractivity (Wildman–Crippen MR) is 192 cm³/mol. The van der Waals surface area contributed by atoms with Crippen LogP contribution in [0.1, 0.15) is 49.7 Å². The highest BCUT2D eigenvalue weighted by molar-refractivity contribution is 5.90. The average Bonchev–Trinajstić information content (AvgIpc) is 3.17. The number of aldehydes is 1. The summed E-state index contributed by atoms with van der Waals surface area (Å²) >= 11 is 0. The summed E-state index contributed by atoms with van der Waals surface area (Å²) in [5.74, 6) is 0.837. The van der Waals surface area contributed by atoms with Crippen LogP contribution in [0.5, 0.6) is 5.75 Å². The van der Waals surface area contributed by atoms with Crippen molar-refractivity contribution < 1.29 is 33.4 Å². The first-order valence-electron chi connectivity index (χ1n) is 17.1. The Morgan fingerprint density at radius 3 is 2.43 bits per heavy atom. The van der Waals surface area contributed by atoms with Crippen LogP contribution >= 0.6 is 0 Å². The molecule has 3 amide bonds. The molecule has 3 aliphatic heterocycles. The highest BCUT2D eigenvalue weighted by Crippen LogP contribution is 2.40. The van der Waals surface area contributed by atoms with Crippen LogP contribution in [-0.4, -0.2) is 80.1 Å². The average molecular weight is 691 g/mol. The van der Waals surface area contributed by atoms with Crippen LogP contribution in [-0.2, 0) is 22.6 Å². The number of rotatable bonds is 13. The fourth-order valence-electron chi connectivity index (χ4n) is 6.54. The molecule has 3 saturated heterocycles. The van der Waals surface area contributed by atoms with E-state index in [1.165, 1.54) is 10.5 Å². The number of urea groups is 1. The Morgan fingerprint density at radius 2 is 1.69 bits per heavy atom. The summed E-state index contributed by atoms with van der Waals surface area (Å²) in [4.78, 5) is 52.4. The molecule has 4 aromatic rings. The third kappa shape index (κ3) is 9.52. The number of hydrogen-bond donors (Lipinski definition) is 2. The van der Waals surface area contributed by atoms with E-state index in [0.717, 1.165) is 43.5 Å². The highest BCUT2D eigenvalue weighted by Gasteiger charge is 2.43. The van der Waals surface area contributed by atoms with Crippen molar-refractivity contribution in [2.45, 2.75) is 31.6 Å². The number of piperidine rings is 3. The van der Waals surface area contributed by atoms with Gasteiger partial charge in [0.1, 0.15) is 31.4 Å². The first kappa shape index (κ1) is 35.2. The summed E-state index contributed by atoms with van der Waals surface area (Å²) in [5.41, 5.74) is 4.50. The summed E-state index contributed by atoms with van der Waals surface area (Å²) in [6, 6.07) is 31.1. The zero-order chi connectivity index (χ0) is 35.6. The number of amides is 3. The van der Waals surface area contributed by atoms with Gasteiger partial charge in [-0.15, -0.1) is 0 Å². The normalized spacial score (nSPS) is 19.0. The Morgan fingerprint density at radius 1 is 0.902 bits per heavy atom. The van der Waals surface area contributed by atoms with Crippen molar-refractivity contribution in [1.82, 2.24) is 15.1 Å². The molecular weight excluding hydrogens is 648 g/mol. The van der Waals surface area contributed by atoms with Crippen molar-refractivity contribution in [2.75, 3.05) is 45.2 Å². The number of ether oxygens (including phenoxy) is 3. The second-order valence-electron chi connectivity index (χ2n) is 12.9. The minimum Gasteiger partial charge on any atom is -0.489 e. The number of likely N-dealkylation sites (N-methyl/N-ethyl adjacent to an activating group) is 1. The summed E-state index contributed by atoms with van der Waals surface area (Å²) in [6.45, 7) is 3.64. The van der Waals surface area contributed by atoms with E-state index in [2.05, 4.69) is 39.8 Å². The predicted octanol–water partition coefficient (Wildman–Crippen LogP) is 6.11. The highest BCUT2D eigenvalue weighted by atomic mass is 16.6. The molecule has 3 heterocycles. The van der Waals surface area contributed by atoms with Crippen molar-refractivity contribution in [3.05, 3.63) is 131 Å². The monoisotopic (exact) mass is 690 g/mol. The number of benzene rings is 4. The lowest BCUT2D eigenvalue weighted by atomic mass is 9.74. The summed E-state index contributed by atoms with van der Waals surface area (Å²) < 4.78 is 17.3. The van der Waals surface area contributed by atoms with Gasteiger partial charge in [-0.25, -0.2) is 14.4 Å². The quantitative estimate of drug-likeness (QED) is 0.127. The first-order valence-corrected chi connectivity index (χ1v) is 17.1. The Kier molecular flexibility index (Phi) is 11.6. The molecule has 4 aromatic carbocycles. The van der Waals surface area contributed by atoms with Gasteiger partial charge in [0.25, 0.3) is 0 Å². The number of hydrogen-bond acceptors (Lipinski definition) is 8. The molecule has 264 valence electrons. The number of carbonyl (C=O) groups is 4. The molecular formula is C40H42N4O7. The number of alkyl carbamates (subject to hydrolysis) is 1. The number of esters is 1. The van der Waals surface area contributed by atoms with Gasteiger partial charge in [-0.2, -0.15) is 0 Å². The van der Waals surface area contributed by atoms with Crippen molar-refractivity contribution in [1.29, 1.82) is 0 Å². The van der Waals surface area contributed by atoms with Crippen LogP contribution in [0.15, 0.2) is 103 Å². The Bertz CT molecular complexity index is 1800. The van der Waals surface area contributed by atoms with Crippen molar-refractivity contribution in [3.63, 3.8) is 0 Å². The van der Waals surface area contributed by atoms with Gasteiger partial charge in [0.2, 0.25) is 0 Å². The lowest BCUT2D eigenvalue weighted by molar-refractivity contribution is -0.0459. The van der Waals surface area contributed by atoms with Gasteiger partial charge in [-0.3, -0.25) is 9.69 Å². The largest absolute Gasteiger partial charge is 0.489 e. The van der Waals surface area contributed by atoms with Gasteiger partial charge in [0, 0.05) is 49.8 Å². The third-order valence-corrected chi connectivity index (χ3v) is 9.39. The van der Waals surface area contributed by atoms with Gasteiger partial charge in [-0.05, 0) is 78.2 Å². The molecule has 0 saturated carbocycles. The van der Waals surface area contributed by atoms with Gasteiger partial charge >= 0.3 is 18.1 Å². The topological polar surface area (TPSA) is 127 Å². The molecule has 11 nitrogen and oxygen atoms in total. The SMILES string of the molecule is CN(CCOC(=O)c1ccc(COc2cccc(CNC(=O)O[C@H]3CN4CCC3C(c3ccccc3)C4)c2)cc1)C(=O)Nc1ccc(C=O)cc1. The molecule has 7 rings (SSSR count). The standard InChI is InChI=1S/C40H42N4O7/c1-43(39(47)42-33-16-12-28(26-45)13-17-33)20-21-49-38(46)32-14-10-29(11-15-32)27-50-34-9-5-6-30(22-34)23-41-40(48)51-37-25-44-19-18-35(37)36(24-44)31-7-3-2-4-8-31/h2-17,22,26,35-37H,18-21,23-25,27H2,1H3,(H,41,48)(H,42,47)/t35?,36?,37-/m0/s1. The van der Waals surface area contributed by atoms with Crippen molar-refractivity contribution in [2.24, 2.45) is 5.92 Å². The minimum atomic E-state index is -0.496. The lowest BCUT2D eigenvalue weighted by Crippen LogP contribution is -2.56. The molecule has 0 aromatic heterocycles. The van der Waals surface area contributed by atoms with Gasteiger partial charge in [0.15, 0.2) is 0 Å². The Labute approximate surface area is 297 Å². The van der Waals surface area contributed by atoms with Crippen LogP contribution < -0.4 is 15.4 Å². The summed E-state index contributed by atoms with van der Waals surface area (Å²) in [7, 11) is 1.60. The number of fused-ring (bicyclic) bond motifs is 3. The zero-order valence-electron chi connectivity index (χ0n) is 28.5. The van der Waals surface area contributed by atoms with E-state index in [0.29, 0.717) is 40.9 Å². The molecule has 0 spiro atoms. The smallest absolute Gasteiger partial charge is 0.407 e. The maximum absolute atomic E-state index is 12.8. The van der Waals surface area contributed by atoms with Gasteiger partial charge in [-0.1, -0.05) is 54.6 Å². The molecule has 3 aliphatic rings. The molecule has 0 radical (unpaired) electrons. The number of carbonyl (C=O) groups excluding carboxylic acids is 4. The van der Waals surface area contributed by atoms with E-state index >= 15 is 0 Å². The zero-order valence-corrected chi connectivity index (χ0v) is 28.5. The lowest BCUT2D eigenvalue weighted by Gasteiger charge is -2.49. The third-order valence-electron chi connectivity index (χ3n) is 9.39. The van der Waals surface area contributed by atoms with E-state index in [1.807, 2.05) is 30.3 Å². The molecule has 3 fully saturated rings. The number of nitrogens with one attached hydrogen (secondary N) is 2. The Balaban J connectivity index is 0.906. The Hall–Kier alpha value is -5.68. The van der Waals surface area contributed by atoms with Crippen LogP contribution in [0.25, 0.3) is 0 Å². The minimum absolute atomic E-state index is 0.0229. The summed E-state index contributed by atoms with van der Waals surface area (Å²) in [5, 5.41) is 5.63. The fraction of sp³-hybridized carbons (Fsp3) is 0.300. The molecule has 2 bridgehead atoms. The maximum atomic E-state index is 12.8. The molecule has 2 N–H and O–H groups in total. The van der Waals surface area contributed by atoms with E-state index in [1.54, 1.807) is 55.6 Å². The number of anilines is 1. The summed E-state index contributed by atoms with van der Waals surface area (Å²) in [6.07, 6.45) is 1.20. The van der Waals surface area contributed by atoms with E-state index in [4.69, 9.17) is 14.2 Å². The van der Waals surface area contributed by atoms with Crippen LogP contribution in [0.4, 0.5) is 15.3 Å². The van der Waals surface area contributed by atoms with Crippen molar-refractivity contribution in [3.8, 4) is 5.75 Å². The van der Waals surface area contributed by atoms with Crippen LogP contribution in [0.3, 0.4) is 0 Å². The van der Waals surface area contributed by atoms with E-state index in [-0.39, 0.29) is 31.9 Å². The maximum Gasteiger partial charge on any atom is 0.407 e. The molecule has 51 heavy (non-hydrogen) atoms. The second-order valence-corrected chi connectivity index (χ2v) is 12.9. The molecule has 4 atom stereocenters. The van der Waals surface area contributed by atoms with Crippen LogP contribution in [0, 0.1) is 5.92 Å². The fourth-order valence-corrected chi connectivity index (χ4v) is 6.54. The first-order chi connectivity index (χ1) is 24.8. The van der Waals surface area contributed by atoms with E-state index in [9.17, 15) is 19.2 Å². The second kappa shape index (κ2) is 16.8. The van der Waals surface area contributed by atoms with Crippen molar-refractivity contribution >= 4 is 30.1 Å². The van der Waals surface area contributed by atoms with Crippen LogP contribution in [0.2, 0.25) is 0 Å². The van der Waals surface area contributed by atoms with Gasteiger partial charge < -0.3 is 29.7 Å². The van der Waals surface area contributed by atoms with E-state index < -0.39 is 12.1 Å². The molecule has 3 unspecified atom stereocenters.